The second-order valence-corrected chi connectivity index (χ2v) is 4.14. The highest BCUT2D eigenvalue weighted by atomic mass is 19.3. The van der Waals surface area contributed by atoms with Crippen molar-refractivity contribution in [2.45, 2.75) is 32.1 Å². The molecule has 0 saturated carbocycles. The number of alkyl halides is 2. The highest BCUT2D eigenvalue weighted by Crippen LogP contribution is 2.21. The van der Waals surface area contributed by atoms with Crippen LogP contribution in [0.5, 0.6) is 0 Å². The molecule has 0 aliphatic rings. The molecule has 0 atom stereocenters. The lowest BCUT2D eigenvalue weighted by Gasteiger charge is -2.15. The van der Waals surface area contributed by atoms with Crippen LogP contribution in [-0.4, -0.2) is 12.5 Å². The van der Waals surface area contributed by atoms with E-state index in [9.17, 15) is 8.78 Å². The van der Waals surface area contributed by atoms with Crippen LogP contribution in [0.3, 0.4) is 0 Å². The number of hydrogen-bond acceptors (Lipinski definition) is 1. The maximum Gasteiger partial charge on any atom is 0.264 e. The molecule has 0 saturated heterocycles. The van der Waals surface area contributed by atoms with E-state index in [0.29, 0.717) is 11.5 Å². The molecule has 0 unspecified atom stereocenters. The summed E-state index contributed by atoms with van der Waals surface area (Å²) in [5.74, 6) is -2.44. The van der Waals surface area contributed by atoms with Gasteiger partial charge in [-0.2, -0.15) is 0 Å². The monoisotopic (exact) mass is 213 g/mol. The molecular formula is C12H17F2N. The Labute approximate surface area is 89.3 Å². The molecule has 1 aromatic carbocycles. The minimum absolute atomic E-state index is 0.274. The van der Waals surface area contributed by atoms with E-state index < -0.39 is 12.5 Å². The summed E-state index contributed by atoms with van der Waals surface area (Å²) >= 11 is 0. The van der Waals surface area contributed by atoms with Crippen molar-refractivity contribution in [2.24, 2.45) is 5.73 Å². The summed E-state index contributed by atoms with van der Waals surface area (Å²) in [6, 6.07) is 7.32. The zero-order valence-electron chi connectivity index (χ0n) is 9.13. The van der Waals surface area contributed by atoms with Crippen molar-refractivity contribution in [1.82, 2.24) is 0 Å². The van der Waals surface area contributed by atoms with Gasteiger partial charge < -0.3 is 5.73 Å². The second-order valence-electron chi connectivity index (χ2n) is 4.14. The first-order valence-electron chi connectivity index (χ1n) is 5.11. The summed E-state index contributed by atoms with van der Waals surface area (Å²) in [6.07, 6.45) is -0.274. The molecule has 0 heterocycles. The smallest absolute Gasteiger partial charge is 0.264 e. The normalized spacial score (nSPS) is 12.1. The van der Waals surface area contributed by atoms with Crippen LogP contribution in [0, 0.1) is 0 Å². The molecule has 0 amide bonds. The van der Waals surface area contributed by atoms with Crippen LogP contribution in [0.15, 0.2) is 24.3 Å². The van der Waals surface area contributed by atoms with E-state index in [-0.39, 0.29) is 6.42 Å². The fourth-order valence-corrected chi connectivity index (χ4v) is 1.43. The van der Waals surface area contributed by atoms with Gasteiger partial charge in [0.25, 0.3) is 5.92 Å². The largest absolute Gasteiger partial charge is 0.325 e. The van der Waals surface area contributed by atoms with E-state index in [4.69, 9.17) is 5.73 Å². The van der Waals surface area contributed by atoms with Crippen molar-refractivity contribution in [3.05, 3.63) is 35.4 Å². The number of nitrogens with two attached hydrogens (primary N) is 1. The van der Waals surface area contributed by atoms with Crippen molar-refractivity contribution in [3.63, 3.8) is 0 Å². The molecule has 1 nitrogen and oxygen atoms in total. The van der Waals surface area contributed by atoms with Crippen LogP contribution in [-0.2, 0) is 6.42 Å². The predicted octanol–water partition coefficient (Wildman–Crippen LogP) is 2.95. The van der Waals surface area contributed by atoms with Gasteiger partial charge in [0.2, 0.25) is 0 Å². The van der Waals surface area contributed by atoms with Crippen LogP contribution in [0.25, 0.3) is 0 Å². The molecule has 0 aromatic heterocycles. The number of rotatable bonds is 4. The molecule has 0 bridgehead atoms. The van der Waals surface area contributed by atoms with E-state index in [0.717, 1.165) is 5.56 Å². The van der Waals surface area contributed by atoms with Gasteiger partial charge in [0.1, 0.15) is 0 Å². The predicted molar refractivity (Wildman–Crippen MR) is 58.2 cm³/mol. The number of benzene rings is 1. The molecule has 1 aromatic rings. The number of hydrogen-bond donors (Lipinski definition) is 1. The Kier molecular flexibility index (Phi) is 3.80. The van der Waals surface area contributed by atoms with Gasteiger partial charge in [-0.15, -0.1) is 0 Å². The lowest BCUT2D eigenvalue weighted by molar-refractivity contribution is 0.0115. The fourth-order valence-electron chi connectivity index (χ4n) is 1.43. The van der Waals surface area contributed by atoms with Crippen LogP contribution >= 0.6 is 0 Å². The van der Waals surface area contributed by atoms with Gasteiger partial charge in [-0.3, -0.25) is 0 Å². The first kappa shape index (κ1) is 12.1. The van der Waals surface area contributed by atoms with E-state index >= 15 is 0 Å². The van der Waals surface area contributed by atoms with E-state index in [1.165, 1.54) is 0 Å². The van der Waals surface area contributed by atoms with Crippen molar-refractivity contribution in [2.75, 3.05) is 6.54 Å². The Morgan fingerprint density at radius 2 is 2.00 bits per heavy atom. The van der Waals surface area contributed by atoms with Gasteiger partial charge in [-0.05, 0) is 17.0 Å². The first-order chi connectivity index (χ1) is 6.94. The maximum absolute atomic E-state index is 13.0. The minimum Gasteiger partial charge on any atom is -0.325 e. The van der Waals surface area contributed by atoms with Crippen LogP contribution in [0.1, 0.15) is 30.9 Å². The Balaban J connectivity index is 2.82. The third-order valence-corrected chi connectivity index (χ3v) is 2.38. The molecular weight excluding hydrogens is 196 g/mol. The lowest BCUT2D eigenvalue weighted by atomic mass is 9.98. The van der Waals surface area contributed by atoms with Gasteiger partial charge in [-0.25, -0.2) is 8.78 Å². The zero-order chi connectivity index (χ0) is 11.5. The standard InChI is InChI=1S/C12H17F2N/c1-9(2)11-5-3-4-10(6-11)7-12(13,14)8-15/h3-6,9H,7-8,15H2,1-2H3. The molecule has 84 valence electrons. The van der Waals surface area contributed by atoms with Gasteiger partial charge >= 0.3 is 0 Å². The Hall–Kier alpha value is -0.960. The Morgan fingerprint density at radius 1 is 1.33 bits per heavy atom. The fraction of sp³-hybridized carbons (Fsp3) is 0.500. The molecule has 0 fully saturated rings. The number of halogens is 2. The van der Waals surface area contributed by atoms with E-state index in [2.05, 4.69) is 0 Å². The van der Waals surface area contributed by atoms with E-state index in [1.807, 2.05) is 32.0 Å². The van der Waals surface area contributed by atoms with Gasteiger partial charge in [0.05, 0.1) is 6.54 Å². The summed E-state index contributed by atoms with van der Waals surface area (Å²) in [5.41, 5.74) is 6.74. The zero-order valence-corrected chi connectivity index (χ0v) is 9.13. The molecule has 2 N–H and O–H groups in total. The first-order valence-corrected chi connectivity index (χ1v) is 5.11. The van der Waals surface area contributed by atoms with Gasteiger partial charge in [0, 0.05) is 6.42 Å². The highest BCUT2D eigenvalue weighted by molar-refractivity contribution is 5.26. The molecule has 1 rings (SSSR count). The third kappa shape index (κ3) is 3.59. The molecule has 0 aliphatic heterocycles. The highest BCUT2D eigenvalue weighted by Gasteiger charge is 2.26. The van der Waals surface area contributed by atoms with Crippen LogP contribution in [0.4, 0.5) is 8.78 Å². The quantitative estimate of drug-likeness (QED) is 0.817. The van der Waals surface area contributed by atoms with Gasteiger partial charge in [0.15, 0.2) is 0 Å². The average Bonchev–Trinajstić information content (AvgIpc) is 2.17. The molecule has 0 spiro atoms. The molecule has 3 heteroatoms. The maximum atomic E-state index is 13.0. The average molecular weight is 213 g/mol. The van der Waals surface area contributed by atoms with Crippen molar-refractivity contribution in [1.29, 1.82) is 0 Å². The Bertz CT molecular complexity index is 321. The lowest BCUT2D eigenvalue weighted by Crippen LogP contribution is -2.30. The van der Waals surface area contributed by atoms with Crippen LogP contribution < -0.4 is 5.73 Å². The molecule has 15 heavy (non-hydrogen) atoms. The summed E-state index contributed by atoms with van der Waals surface area (Å²) in [7, 11) is 0. The molecule has 0 aliphatic carbocycles. The summed E-state index contributed by atoms with van der Waals surface area (Å²) in [4.78, 5) is 0. The third-order valence-electron chi connectivity index (χ3n) is 2.38. The minimum atomic E-state index is -2.80. The SMILES string of the molecule is CC(C)c1cccc(CC(F)(F)CN)c1. The molecule has 0 radical (unpaired) electrons. The van der Waals surface area contributed by atoms with Gasteiger partial charge in [-0.1, -0.05) is 38.1 Å². The van der Waals surface area contributed by atoms with Crippen molar-refractivity contribution in [3.8, 4) is 0 Å². The van der Waals surface area contributed by atoms with Crippen molar-refractivity contribution < 1.29 is 8.78 Å². The Morgan fingerprint density at radius 3 is 2.53 bits per heavy atom. The topological polar surface area (TPSA) is 26.0 Å². The van der Waals surface area contributed by atoms with E-state index in [1.54, 1.807) is 6.07 Å². The summed E-state index contributed by atoms with van der Waals surface area (Å²) < 4.78 is 26.1. The second kappa shape index (κ2) is 4.71. The van der Waals surface area contributed by atoms with Crippen molar-refractivity contribution >= 4 is 0 Å². The van der Waals surface area contributed by atoms with Crippen LogP contribution in [0.2, 0.25) is 0 Å². The summed E-state index contributed by atoms with van der Waals surface area (Å²) in [6.45, 7) is 3.49. The summed E-state index contributed by atoms with van der Waals surface area (Å²) in [5, 5.41) is 0.